The third kappa shape index (κ3) is 5.03. The molecule has 0 saturated carbocycles. The molecule has 0 atom stereocenters. The lowest BCUT2D eigenvalue weighted by atomic mass is 10.1. The molecule has 2 aromatic carbocycles. The van der Waals surface area contributed by atoms with Crippen molar-refractivity contribution in [3.8, 4) is 0 Å². The van der Waals surface area contributed by atoms with Crippen LogP contribution in [0.3, 0.4) is 0 Å². The highest BCUT2D eigenvalue weighted by molar-refractivity contribution is 6.34. The van der Waals surface area contributed by atoms with Crippen LogP contribution < -0.4 is 10.2 Å². The minimum absolute atomic E-state index is 0.0300. The average molecular weight is 420 g/mol. The Kier molecular flexibility index (Phi) is 6.81. The monoisotopic (exact) mass is 419 g/mol. The Bertz CT molecular complexity index is 967. The minimum atomic E-state index is -0.789. The van der Waals surface area contributed by atoms with E-state index in [-0.39, 0.29) is 34.4 Å². The van der Waals surface area contributed by atoms with Crippen molar-refractivity contribution in [1.29, 1.82) is 0 Å². The topological polar surface area (TPSA) is 102 Å². The number of likely N-dealkylation sites (N-methyl/N-ethyl adjacent to an activating group) is 1. The van der Waals surface area contributed by atoms with Gasteiger partial charge >= 0.3 is 5.97 Å². The van der Waals surface area contributed by atoms with Crippen LogP contribution >= 0.6 is 11.6 Å². The highest BCUT2D eigenvalue weighted by Crippen LogP contribution is 2.34. The summed E-state index contributed by atoms with van der Waals surface area (Å²) in [6.45, 7) is 5.66. The molecule has 0 radical (unpaired) electrons. The third-order valence-corrected chi connectivity index (χ3v) is 4.66. The molecule has 154 valence electrons. The molecule has 0 aromatic heterocycles. The van der Waals surface area contributed by atoms with Crippen LogP contribution in [0.5, 0.6) is 0 Å². The summed E-state index contributed by atoms with van der Waals surface area (Å²) in [5.41, 5.74) is 3.42. The fourth-order valence-corrected chi connectivity index (χ4v) is 3.55. The van der Waals surface area contributed by atoms with Gasteiger partial charge in [0.15, 0.2) is 0 Å². The summed E-state index contributed by atoms with van der Waals surface area (Å²) < 4.78 is 4.71. The maximum Gasteiger partial charge on any atom is 0.340 e. The number of nitro benzene ring substituents is 1. The van der Waals surface area contributed by atoms with Crippen molar-refractivity contribution >= 4 is 40.5 Å². The lowest BCUT2D eigenvalue weighted by Gasteiger charge is -2.23. The van der Waals surface area contributed by atoms with E-state index < -0.39 is 10.9 Å². The smallest absolute Gasteiger partial charge is 0.340 e. The molecule has 1 N–H and O–H groups in total. The fraction of sp³-hybridized carbons (Fsp3) is 0.300. The maximum atomic E-state index is 12.6. The second-order valence-electron chi connectivity index (χ2n) is 6.75. The standard InChI is InChI=1S/C20H22ClN3O5/c1-11-6-12(2)18(13(3)7-11)22-17(25)10-23(4)19-15(20(26)29-5)8-14(24(27)28)9-16(19)21/h6-9H,10H2,1-5H3,(H,22,25). The van der Waals surface area contributed by atoms with Crippen molar-refractivity contribution in [2.45, 2.75) is 20.8 Å². The summed E-state index contributed by atoms with van der Waals surface area (Å²) >= 11 is 6.20. The molecule has 9 heteroatoms. The first-order valence-corrected chi connectivity index (χ1v) is 9.08. The number of carbonyl (C=O) groups is 2. The molecule has 0 saturated heterocycles. The fourth-order valence-electron chi connectivity index (χ4n) is 3.19. The van der Waals surface area contributed by atoms with Crippen LogP contribution in [0.25, 0.3) is 0 Å². The highest BCUT2D eigenvalue weighted by Gasteiger charge is 2.24. The summed E-state index contributed by atoms with van der Waals surface area (Å²) in [5, 5.41) is 13.9. The van der Waals surface area contributed by atoms with E-state index in [0.717, 1.165) is 41.6 Å². The number of non-ortho nitro benzene ring substituents is 1. The summed E-state index contributed by atoms with van der Waals surface area (Å²) in [4.78, 5) is 36.6. The molecule has 0 bridgehead atoms. The molecule has 29 heavy (non-hydrogen) atoms. The van der Waals surface area contributed by atoms with Gasteiger partial charge in [-0.05, 0) is 31.9 Å². The Labute approximate surface area is 173 Å². The summed E-state index contributed by atoms with van der Waals surface area (Å²) in [7, 11) is 2.72. The van der Waals surface area contributed by atoms with Crippen LogP contribution in [-0.4, -0.2) is 37.5 Å². The predicted molar refractivity (Wildman–Crippen MR) is 112 cm³/mol. The predicted octanol–water partition coefficient (Wildman–Crippen LogP) is 4.03. The second kappa shape index (κ2) is 8.91. The van der Waals surface area contributed by atoms with E-state index in [1.807, 2.05) is 32.9 Å². The number of nitrogens with one attached hydrogen (secondary N) is 1. The van der Waals surface area contributed by atoms with Gasteiger partial charge in [0.05, 0.1) is 34.9 Å². The molecule has 2 rings (SSSR count). The van der Waals surface area contributed by atoms with E-state index in [2.05, 4.69) is 5.32 Å². The average Bonchev–Trinajstić information content (AvgIpc) is 2.62. The molecule has 0 heterocycles. The number of aryl methyl sites for hydroxylation is 3. The van der Waals surface area contributed by atoms with Gasteiger partial charge in [0.25, 0.3) is 5.69 Å². The van der Waals surface area contributed by atoms with E-state index in [4.69, 9.17) is 16.3 Å². The number of esters is 1. The number of amides is 1. The molecule has 0 aliphatic rings. The molecular weight excluding hydrogens is 398 g/mol. The van der Waals surface area contributed by atoms with E-state index in [1.54, 1.807) is 7.05 Å². The van der Waals surface area contributed by atoms with E-state index in [9.17, 15) is 19.7 Å². The molecule has 1 amide bonds. The van der Waals surface area contributed by atoms with Gasteiger partial charge in [0.2, 0.25) is 5.91 Å². The Morgan fingerprint density at radius 3 is 2.28 bits per heavy atom. The van der Waals surface area contributed by atoms with E-state index >= 15 is 0 Å². The van der Waals surface area contributed by atoms with Crippen molar-refractivity contribution < 1.29 is 19.2 Å². The molecule has 0 spiro atoms. The molecule has 0 unspecified atom stereocenters. The number of benzene rings is 2. The number of hydrogen-bond acceptors (Lipinski definition) is 6. The first-order chi connectivity index (χ1) is 13.5. The van der Waals surface area contributed by atoms with Crippen LogP contribution in [0.1, 0.15) is 27.0 Å². The lowest BCUT2D eigenvalue weighted by Crippen LogP contribution is -2.32. The van der Waals surface area contributed by atoms with Crippen molar-refractivity contribution in [2.24, 2.45) is 0 Å². The number of hydrogen-bond donors (Lipinski definition) is 1. The quantitative estimate of drug-likeness (QED) is 0.430. The van der Waals surface area contributed by atoms with Crippen molar-refractivity contribution in [2.75, 3.05) is 30.9 Å². The summed E-state index contributed by atoms with van der Waals surface area (Å²) in [6, 6.07) is 6.14. The first kappa shape index (κ1) is 22.2. The van der Waals surface area contributed by atoms with Gasteiger partial charge in [-0.15, -0.1) is 0 Å². The zero-order valence-corrected chi connectivity index (χ0v) is 17.6. The molecule has 0 fully saturated rings. The van der Waals surface area contributed by atoms with Crippen LogP contribution in [0.4, 0.5) is 17.1 Å². The number of ether oxygens (including phenoxy) is 1. The number of anilines is 2. The van der Waals surface area contributed by atoms with Crippen LogP contribution in [0.15, 0.2) is 24.3 Å². The van der Waals surface area contributed by atoms with Crippen molar-refractivity contribution in [1.82, 2.24) is 0 Å². The number of halogens is 1. The van der Waals surface area contributed by atoms with Gasteiger partial charge in [0.1, 0.15) is 0 Å². The largest absolute Gasteiger partial charge is 0.465 e. The zero-order chi connectivity index (χ0) is 21.9. The van der Waals surface area contributed by atoms with Gasteiger partial charge in [-0.3, -0.25) is 14.9 Å². The summed E-state index contributed by atoms with van der Waals surface area (Å²) in [6.07, 6.45) is 0. The molecule has 2 aromatic rings. The SMILES string of the molecule is COC(=O)c1cc([N+](=O)[O-])cc(Cl)c1N(C)CC(=O)Nc1c(C)cc(C)cc1C. The second-order valence-corrected chi connectivity index (χ2v) is 7.16. The first-order valence-electron chi connectivity index (χ1n) is 8.70. The number of methoxy groups -OCH3 is 1. The van der Waals surface area contributed by atoms with Gasteiger partial charge in [-0.25, -0.2) is 4.79 Å². The molecular formula is C20H22ClN3O5. The van der Waals surface area contributed by atoms with Crippen LogP contribution in [-0.2, 0) is 9.53 Å². The van der Waals surface area contributed by atoms with Crippen molar-refractivity contribution in [3.63, 3.8) is 0 Å². The van der Waals surface area contributed by atoms with Crippen LogP contribution in [0, 0.1) is 30.9 Å². The van der Waals surface area contributed by atoms with Gasteiger partial charge in [0, 0.05) is 24.9 Å². The number of nitrogens with zero attached hydrogens (tertiary/aromatic N) is 2. The van der Waals surface area contributed by atoms with E-state index in [0.29, 0.717) is 0 Å². The zero-order valence-electron chi connectivity index (χ0n) is 16.8. The Balaban J connectivity index is 2.33. The van der Waals surface area contributed by atoms with Crippen LogP contribution in [0.2, 0.25) is 5.02 Å². The highest BCUT2D eigenvalue weighted by atomic mass is 35.5. The Hall–Kier alpha value is -3.13. The molecule has 8 nitrogen and oxygen atoms in total. The lowest BCUT2D eigenvalue weighted by molar-refractivity contribution is -0.384. The number of nitro groups is 1. The summed E-state index contributed by atoms with van der Waals surface area (Å²) in [5.74, 6) is -1.11. The van der Waals surface area contributed by atoms with Gasteiger partial charge in [-0.2, -0.15) is 0 Å². The number of rotatable bonds is 6. The Morgan fingerprint density at radius 2 is 1.76 bits per heavy atom. The molecule has 0 aliphatic carbocycles. The van der Waals surface area contributed by atoms with Crippen molar-refractivity contribution in [3.05, 3.63) is 61.7 Å². The third-order valence-electron chi connectivity index (χ3n) is 4.37. The van der Waals surface area contributed by atoms with Gasteiger partial charge < -0.3 is 15.0 Å². The van der Waals surface area contributed by atoms with Gasteiger partial charge in [-0.1, -0.05) is 29.3 Å². The normalized spacial score (nSPS) is 10.4. The molecule has 0 aliphatic heterocycles. The minimum Gasteiger partial charge on any atom is -0.465 e. The Morgan fingerprint density at radius 1 is 1.17 bits per heavy atom. The van der Waals surface area contributed by atoms with E-state index in [1.165, 1.54) is 4.90 Å². The maximum absolute atomic E-state index is 12.6. The number of carbonyl (C=O) groups excluding carboxylic acids is 2.